The average Bonchev–Trinajstić information content (AvgIpc) is 2.16. The molecule has 0 aliphatic heterocycles. The van der Waals surface area contributed by atoms with Crippen LogP contribution in [0.15, 0.2) is 30.5 Å². The van der Waals surface area contributed by atoms with E-state index >= 15 is 0 Å². The molecule has 0 aliphatic carbocycles. The summed E-state index contributed by atoms with van der Waals surface area (Å²) < 4.78 is 0. The van der Waals surface area contributed by atoms with Crippen molar-refractivity contribution in [2.24, 2.45) is 5.92 Å². The van der Waals surface area contributed by atoms with Crippen molar-refractivity contribution >= 4 is 6.08 Å². The highest BCUT2D eigenvalue weighted by Gasteiger charge is 1.97. The van der Waals surface area contributed by atoms with Crippen LogP contribution in [0.1, 0.15) is 25.0 Å². The zero-order valence-corrected chi connectivity index (χ0v) is 9.01. The molecule has 0 N–H and O–H groups in total. The SMILES string of the molecule is CC(C)Cc1ccc(/C=C/[N+](=O)[O-])cc1. The van der Waals surface area contributed by atoms with Crippen LogP contribution in [0.25, 0.3) is 6.08 Å². The molecule has 0 spiro atoms. The summed E-state index contributed by atoms with van der Waals surface area (Å²) in [6.07, 6.45) is 3.50. The Hall–Kier alpha value is -1.64. The number of benzene rings is 1. The molecule has 1 aromatic carbocycles. The Kier molecular flexibility index (Phi) is 4.03. The smallest absolute Gasteiger partial charge is 0.235 e. The van der Waals surface area contributed by atoms with Gasteiger partial charge in [-0.2, -0.15) is 0 Å². The maximum atomic E-state index is 10.1. The Labute approximate surface area is 89.6 Å². The normalized spacial score (nSPS) is 11.1. The van der Waals surface area contributed by atoms with E-state index in [1.54, 1.807) is 0 Å². The molecule has 0 heterocycles. The third kappa shape index (κ3) is 4.40. The number of rotatable bonds is 4. The van der Waals surface area contributed by atoms with Crippen LogP contribution in [0.2, 0.25) is 0 Å². The van der Waals surface area contributed by atoms with Gasteiger partial charge in [0.05, 0.1) is 4.92 Å². The van der Waals surface area contributed by atoms with Gasteiger partial charge in [0, 0.05) is 6.08 Å². The Morgan fingerprint density at radius 2 is 1.93 bits per heavy atom. The van der Waals surface area contributed by atoms with E-state index in [9.17, 15) is 10.1 Å². The molecular formula is C12H15NO2. The van der Waals surface area contributed by atoms with Crippen LogP contribution in [0, 0.1) is 16.0 Å². The van der Waals surface area contributed by atoms with Gasteiger partial charge in [0.25, 0.3) is 0 Å². The average molecular weight is 205 g/mol. The number of hydrogen-bond donors (Lipinski definition) is 0. The molecule has 0 saturated heterocycles. The third-order valence-corrected chi connectivity index (χ3v) is 2.01. The van der Waals surface area contributed by atoms with E-state index in [-0.39, 0.29) is 0 Å². The first-order valence-electron chi connectivity index (χ1n) is 4.98. The molecule has 0 amide bonds. The lowest BCUT2D eigenvalue weighted by Crippen LogP contribution is -1.93. The number of hydrogen-bond acceptors (Lipinski definition) is 2. The minimum absolute atomic E-state index is 0.456. The first kappa shape index (κ1) is 11.4. The van der Waals surface area contributed by atoms with Crippen molar-refractivity contribution in [3.05, 3.63) is 51.7 Å². The van der Waals surface area contributed by atoms with Crippen molar-refractivity contribution in [1.29, 1.82) is 0 Å². The quantitative estimate of drug-likeness (QED) is 0.559. The number of nitrogens with zero attached hydrogens (tertiary/aromatic N) is 1. The zero-order valence-electron chi connectivity index (χ0n) is 9.01. The van der Waals surface area contributed by atoms with Crippen LogP contribution in [0.4, 0.5) is 0 Å². The highest BCUT2D eigenvalue weighted by molar-refractivity contribution is 5.48. The molecule has 0 fully saturated rings. The fourth-order valence-electron chi connectivity index (χ4n) is 1.38. The van der Waals surface area contributed by atoms with Crippen molar-refractivity contribution in [3.63, 3.8) is 0 Å². The van der Waals surface area contributed by atoms with E-state index in [0.29, 0.717) is 5.92 Å². The fraction of sp³-hybridized carbons (Fsp3) is 0.333. The van der Waals surface area contributed by atoms with Gasteiger partial charge >= 0.3 is 0 Å². The Bertz CT molecular complexity index is 352. The van der Waals surface area contributed by atoms with E-state index in [4.69, 9.17) is 0 Å². The van der Waals surface area contributed by atoms with Gasteiger partial charge in [0.15, 0.2) is 0 Å². The molecule has 0 saturated carbocycles. The summed E-state index contributed by atoms with van der Waals surface area (Å²) in [6.45, 7) is 4.33. The summed E-state index contributed by atoms with van der Waals surface area (Å²) in [6, 6.07) is 7.83. The van der Waals surface area contributed by atoms with E-state index < -0.39 is 4.92 Å². The molecule has 3 heteroatoms. The highest BCUT2D eigenvalue weighted by atomic mass is 16.6. The first-order chi connectivity index (χ1) is 7.08. The Balaban J connectivity index is 2.68. The molecular weight excluding hydrogens is 190 g/mol. The van der Waals surface area contributed by atoms with Gasteiger partial charge in [0.1, 0.15) is 0 Å². The van der Waals surface area contributed by atoms with Gasteiger partial charge in [-0.05, 0) is 23.5 Å². The molecule has 0 unspecified atom stereocenters. The summed E-state index contributed by atoms with van der Waals surface area (Å²) in [7, 11) is 0. The highest BCUT2D eigenvalue weighted by Crippen LogP contribution is 2.10. The van der Waals surface area contributed by atoms with Crippen LogP contribution in [0.5, 0.6) is 0 Å². The molecule has 3 nitrogen and oxygen atoms in total. The maximum Gasteiger partial charge on any atom is 0.235 e. The van der Waals surface area contributed by atoms with Crippen molar-refractivity contribution in [2.75, 3.05) is 0 Å². The standard InChI is InChI=1S/C12H15NO2/c1-10(2)9-12-5-3-11(4-6-12)7-8-13(14)15/h3-8,10H,9H2,1-2H3/b8-7+. The van der Waals surface area contributed by atoms with Gasteiger partial charge in [-0.1, -0.05) is 38.1 Å². The van der Waals surface area contributed by atoms with E-state index in [1.165, 1.54) is 11.6 Å². The lowest BCUT2D eigenvalue weighted by atomic mass is 10.0. The van der Waals surface area contributed by atoms with Crippen LogP contribution < -0.4 is 0 Å². The van der Waals surface area contributed by atoms with Gasteiger partial charge in [-0.25, -0.2) is 0 Å². The zero-order chi connectivity index (χ0) is 11.3. The monoisotopic (exact) mass is 205 g/mol. The molecule has 0 aliphatic rings. The predicted molar refractivity (Wildman–Crippen MR) is 61.0 cm³/mol. The molecule has 0 aromatic heterocycles. The molecule has 80 valence electrons. The molecule has 0 radical (unpaired) electrons. The number of nitro groups is 1. The molecule has 0 bridgehead atoms. The predicted octanol–water partition coefficient (Wildman–Crippen LogP) is 3.13. The lowest BCUT2D eigenvalue weighted by Gasteiger charge is -2.04. The van der Waals surface area contributed by atoms with E-state index in [0.717, 1.165) is 18.2 Å². The van der Waals surface area contributed by atoms with E-state index in [2.05, 4.69) is 13.8 Å². The summed E-state index contributed by atoms with van der Waals surface area (Å²) in [5.74, 6) is 0.630. The molecule has 1 aromatic rings. The third-order valence-electron chi connectivity index (χ3n) is 2.01. The van der Waals surface area contributed by atoms with Crippen molar-refractivity contribution in [2.45, 2.75) is 20.3 Å². The summed E-state index contributed by atoms with van der Waals surface area (Å²) in [5.41, 5.74) is 2.13. The minimum atomic E-state index is -0.456. The molecule has 15 heavy (non-hydrogen) atoms. The van der Waals surface area contributed by atoms with Gasteiger partial charge in [0.2, 0.25) is 6.20 Å². The van der Waals surface area contributed by atoms with Gasteiger partial charge < -0.3 is 0 Å². The maximum absolute atomic E-state index is 10.1. The second-order valence-electron chi connectivity index (χ2n) is 3.94. The van der Waals surface area contributed by atoms with Crippen molar-refractivity contribution in [3.8, 4) is 0 Å². The second-order valence-corrected chi connectivity index (χ2v) is 3.94. The molecule has 1 rings (SSSR count). The van der Waals surface area contributed by atoms with E-state index in [1.807, 2.05) is 24.3 Å². The summed E-state index contributed by atoms with van der Waals surface area (Å²) >= 11 is 0. The van der Waals surface area contributed by atoms with Crippen molar-refractivity contribution < 1.29 is 4.92 Å². The summed E-state index contributed by atoms with van der Waals surface area (Å²) in [4.78, 5) is 9.65. The Morgan fingerprint density at radius 1 is 1.33 bits per heavy atom. The molecule has 0 atom stereocenters. The van der Waals surface area contributed by atoms with Gasteiger partial charge in [-0.3, -0.25) is 10.1 Å². The summed E-state index contributed by atoms with van der Waals surface area (Å²) in [5, 5.41) is 10.1. The largest absolute Gasteiger partial charge is 0.259 e. The lowest BCUT2D eigenvalue weighted by molar-refractivity contribution is -0.400. The first-order valence-corrected chi connectivity index (χ1v) is 4.98. The topological polar surface area (TPSA) is 43.1 Å². The van der Waals surface area contributed by atoms with Crippen LogP contribution in [0.3, 0.4) is 0 Å². The van der Waals surface area contributed by atoms with Crippen LogP contribution in [-0.4, -0.2) is 4.92 Å². The van der Waals surface area contributed by atoms with Crippen LogP contribution >= 0.6 is 0 Å². The minimum Gasteiger partial charge on any atom is -0.259 e. The van der Waals surface area contributed by atoms with Gasteiger partial charge in [-0.15, -0.1) is 0 Å². The fourth-order valence-corrected chi connectivity index (χ4v) is 1.38. The second kappa shape index (κ2) is 5.29. The Morgan fingerprint density at radius 3 is 2.40 bits per heavy atom. The van der Waals surface area contributed by atoms with Crippen LogP contribution in [-0.2, 0) is 6.42 Å². The van der Waals surface area contributed by atoms with Crippen molar-refractivity contribution in [1.82, 2.24) is 0 Å².